The van der Waals surface area contributed by atoms with E-state index in [1.807, 2.05) is 86.1 Å². The summed E-state index contributed by atoms with van der Waals surface area (Å²) in [5.74, 6) is -0.267. The topological polar surface area (TPSA) is 85.6 Å². The molecule has 1 amide bonds. The lowest BCUT2D eigenvalue weighted by Crippen LogP contribution is -2.13. The number of rotatable bonds is 5. The summed E-state index contributed by atoms with van der Waals surface area (Å²) in [6, 6.07) is 19.7. The Morgan fingerprint density at radius 3 is 2.55 bits per heavy atom. The third kappa shape index (κ3) is 4.01. The number of nitrogens with zero attached hydrogens (tertiary/aromatic N) is 5. The van der Waals surface area contributed by atoms with Gasteiger partial charge in [-0.3, -0.25) is 10.1 Å². The van der Waals surface area contributed by atoms with Crippen LogP contribution in [0, 0.1) is 6.92 Å². The molecule has 0 saturated heterocycles. The lowest BCUT2D eigenvalue weighted by molar-refractivity contribution is 0.102. The first-order valence-electron chi connectivity index (χ1n) is 10.7. The van der Waals surface area contributed by atoms with E-state index in [4.69, 9.17) is 4.98 Å². The van der Waals surface area contributed by atoms with E-state index in [0.717, 1.165) is 27.4 Å². The zero-order valence-corrected chi connectivity index (χ0v) is 19.3. The summed E-state index contributed by atoms with van der Waals surface area (Å²) in [5, 5.41) is 17.7. The van der Waals surface area contributed by atoms with Gasteiger partial charge in [0.1, 0.15) is 5.01 Å². The maximum Gasteiger partial charge on any atom is 0.258 e. The molecule has 0 atom stereocenters. The second kappa shape index (κ2) is 8.55. The standard InChI is InChI=1S/C25H22N6OS/c1-15(2)31-22-20(14-26-31)19(13-21(27-22)18-12-8-7-9-16(18)3)23(32)28-25-30-29-24(33-25)17-10-5-4-6-11-17/h4-15H,1-3H3,(H,28,30,32). The number of benzene rings is 2. The van der Waals surface area contributed by atoms with Crippen LogP contribution in [0.3, 0.4) is 0 Å². The van der Waals surface area contributed by atoms with Gasteiger partial charge in [0.2, 0.25) is 5.13 Å². The van der Waals surface area contributed by atoms with Crippen molar-refractivity contribution in [2.45, 2.75) is 26.8 Å². The van der Waals surface area contributed by atoms with E-state index in [1.165, 1.54) is 11.3 Å². The number of nitrogens with one attached hydrogen (secondary N) is 1. The number of carbonyl (C=O) groups is 1. The van der Waals surface area contributed by atoms with Crippen LogP contribution < -0.4 is 5.32 Å². The number of aryl methyl sites for hydroxylation is 1. The first-order chi connectivity index (χ1) is 16.0. The van der Waals surface area contributed by atoms with Gasteiger partial charge in [-0.25, -0.2) is 9.67 Å². The summed E-state index contributed by atoms with van der Waals surface area (Å²) in [7, 11) is 0. The minimum Gasteiger partial charge on any atom is -0.296 e. The lowest BCUT2D eigenvalue weighted by atomic mass is 10.0. The molecule has 3 aromatic heterocycles. The quantitative estimate of drug-likeness (QED) is 0.365. The van der Waals surface area contributed by atoms with E-state index in [2.05, 4.69) is 20.6 Å². The predicted molar refractivity (Wildman–Crippen MR) is 131 cm³/mol. The third-order valence-corrected chi connectivity index (χ3v) is 6.28. The highest BCUT2D eigenvalue weighted by molar-refractivity contribution is 7.18. The molecule has 0 bridgehead atoms. The van der Waals surface area contributed by atoms with Gasteiger partial charge in [0.05, 0.1) is 22.8 Å². The number of fused-ring (bicyclic) bond motifs is 1. The van der Waals surface area contributed by atoms with Crippen molar-refractivity contribution in [1.29, 1.82) is 0 Å². The van der Waals surface area contributed by atoms with Gasteiger partial charge in [-0.05, 0) is 32.4 Å². The van der Waals surface area contributed by atoms with E-state index >= 15 is 0 Å². The van der Waals surface area contributed by atoms with Crippen molar-refractivity contribution in [3.63, 3.8) is 0 Å². The molecule has 0 unspecified atom stereocenters. The Morgan fingerprint density at radius 2 is 1.79 bits per heavy atom. The summed E-state index contributed by atoms with van der Waals surface area (Å²) in [6.45, 7) is 6.12. The van der Waals surface area contributed by atoms with Gasteiger partial charge >= 0.3 is 0 Å². The maximum absolute atomic E-state index is 13.4. The van der Waals surface area contributed by atoms with Crippen LogP contribution in [-0.4, -0.2) is 30.9 Å². The Morgan fingerprint density at radius 1 is 1.03 bits per heavy atom. The fourth-order valence-electron chi connectivity index (χ4n) is 3.72. The second-order valence-corrected chi connectivity index (χ2v) is 9.00. The molecule has 1 N–H and O–H groups in total. The van der Waals surface area contributed by atoms with Crippen LogP contribution in [0.2, 0.25) is 0 Å². The first-order valence-corrected chi connectivity index (χ1v) is 11.5. The number of pyridine rings is 1. The molecule has 0 aliphatic heterocycles. The van der Waals surface area contributed by atoms with Crippen molar-refractivity contribution in [1.82, 2.24) is 25.0 Å². The van der Waals surface area contributed by atoms with Crippen LogP contribution in [-0.2, 0) is 0 Å². The van der Waals surface area contributed by atoms with E-state index in [9.17, 15) is 4.79 Å². The molecular weight excluding hydrogens is 432 g/mol. The molecule has 33 heavy (non-hydrogen) atoms. The smallest absolute Gasteiger partial charge is 0.258 e. The molecule has 8 heteroatoms. The molecule has 0 spiro atoms. The van der Waals surface area contributed by atoms with E-state index in [1.54, 1.807) is 6.20 Å². The summed E-state index contributed by atoms with van der Waals surface area (Å²) >= 11 is 1.34. The van der Waals surface area contributed by atoms with E-state index in [-0.39, 0.29) is 11.9 Å². The van der Waals surface area contributed by atoms with E-state index < -0.39 is 0 Å². The molecule has 2 aromatic carbocycles. The van der Waals surface area contributed by atoms with Gasteiger partial charge in [-0.2, -0.15) is 5.10 Å². The summed E-state index contributed by atoms with van der Waals surface area (Å²) < 4.78 is 1.84. The fraction of sp³-hybridized carbons (Fsp3) is 0.160. The van der Waals surface area contributed by atoms with E-state index in [0.29, 0.717) is 21.7 Å². The Hall–Kier alpha value is -3.91. The first kappa shape index (κ1) is 21.0. The molecule has 7 nitrogen and oxygen atoms in total. The largest absolute Gasteiger partial charge is 0.296 e. The Bertz CT molecular complexity index is 1450. The summed E-state index contributed by atoms with van der Waals surface area (Å²) in [4.78, 5) is 18.3. The Labute approximate surface area is 195 Å². The summed E-state index contributed by atoms with van der Waals surface area (Å²) in [5.41, 5.74) is 4.94. The molecule has 0 aliphatic rings. The molecule has 0 fully saturated rings. The zero-order chi connectivity index (χ0) is 22.9. The molecule has 164 valence electrons. The number of amides is 1. The number of hydrogen-bond donors (Lipinski definition) is 1. The molecule has 0 saturated carbocycles. The third-order valence-electron chi connectivity index (χ3n) is 5.39. The normalized spacial score (nSPS) is 11.3. The average molecular weight is 455 g/mol. The van der Waals surface area contributed by atoms with Crippen LogP contribution in [0.4, 0.5) is 5.13 Å². The number of anilines is 1. The number of carbonyl (C=O) groups excluding carboxylic acids is 1. The van der Waals surface area contributed by atoms with Gasteiger partial charge in [-0.1, -0.05) is 65.9 Å². The molecular formula is C25H22N6OS. The highest BCUT2D eigenvalue weighted by Gasteiger charge is 2.20. The minimum atomic E-state index is -0.267. The van der Waals surface area contributed by atoms with Crippen molar-refractivity contribution in [3.05, 3.63) is 78.0 Å². The van der Waals surface area contributed by atoms with Crippen LogP contribution in [0.5, 0.6) is 0 Å². The zero-order valence-electron chi connectivity index (χ0n) is 18.5. The van der Waals surface area contributed by atoms with Gasteiger partial charge < -0.3 is 0 Å². The highest BCUT2D eigenvalue weighted by atomic mass is 32.1. The van der Waals surface area contributed by atoms with Gasteiger partial charge in [0.15, 0.2) is 5.65 Å². The predicted octanol–water partition coefficient (Wildman–Crippen LogP) is 5.76. The van der Waals surface area contributed by atoms with Crippen LogP contribution in [0.15, 0.2) is 66.9 Å². The van der Waals surface area contributed by atoms with Gasteiger partial charge in [0.25, 0.3) is 5.91 Å². The number of hydrogen-bond acceptors (Lipinski definition) is 6. The average Bonchev–Trinajstić information content (AvgIpc) is 3.46. The summed E-state index contributed by atoms with van der Waals surface area (Å²) in [6.07, 6.45) is 1.70. The highest BCUT2D eigenvalue weighted by Crippen LogP contribution is 2.30. The lowest BCUT2D eigenvalue weighted by Gasteiger charge is -2.11. The molecule has 5 aromatic rings. The maximum atomic E-state index is 13.4. The second-order valence-electron chi connectivity index (χ2n) is 8.02. The Kier molecular flexibility index (Phi) is 5.43. The van der Waals surface area contributed by atoms with Crippen molar-refractivity contribution in [2.75, 3.05) is 5.32 Å². The monoisotopic (exact) mass is 454 g/mol. The SMILES string of the molecule is Cc1ccccc1-c1cc(C(=O)Nc2nnc(-c3ccccc3)s2)c2cnn(C(C)C)c2n1. The van der Waals surface area contributed by atoms with Crippen LogP contribution in [0.1, 0.15) is 35.8 Å². The molecule has 0 radical (unpaired) electrons. The van der Waals surface area contributed by atoms with Crippen molar-refractivity contribution in [3.8, 4) is 21.8 Å². The van der Waals surface area contributed by atoms with Crippen molar-refractivity contribution >= 4 is 33.4 Å². The van der Waals surface area contributed by atoms with Crippen LogP contribution >= 0.6 is 11.3 Å². The minimum absolute atomic E-state index is 0.106. The molecule has 3 heterocycles. The van der Waals surface area contributed by atoms with Crippen molar-refractivity contribution in [2.24, 2.45) is 0 Å². The fourth-order valence-corrected chi connectivity index (χ4v) is 4.46. The van der Waals surface area contributed by atoms with Crippen LogP contribution in [0.25, 0.3) is 32.9 Å². The van der Waals surface area contributed by atoms with Crippen molar-refractivity contribution < 1.29 is 4.79 Å². The van der Waals surface area contributed by atoms with Gasteiger partial charge in [0, 0.05) is 17.2 Å². The number of aromatic nitrogens is 5. The molecule has 5 rings (SSSR count). The van der Waals surface area contributed by atoms with Gasteiger partial charge in [-0.15, -0.1) is 10.2 Å². The Balaban J connectivity index is 1.56. The molecule has 0 aliphatic carbocycles.